The maximum absolute atomic E-state index is 12.7. The second-order valence-electron chi connectivity index (χ2n) is 25.9. The number of likely N-dealkylation sites (tertiary alicyclic amines) is 3. The van der Waals surface area contributed by atoms with Gasteiger partial charge >= 0.3 is 24.0 Å². The van der Waals surface area contributed by atoms with E-state index in [2.05, 4.69) is 10.6 Å². The molecule has 83 heavy (non-hydrogen) atoms. The summed E-state index contributed by atoms with van der Waals surface area (Å²) in [6, 6.07) is 13.1. The number of rotatable bonds is 10. The van der Waals surface area contributed by atoms with E-state index < -0.39 is 43.1 Å². The first-order valence-electron chi connectivity index (χ1n) is 27.7. The second-order valence-corrected chi connectivity index (χ2v) is 25.9. The highest BCUT2D eigenvalue weighted by atomic mass is 19.1. The molecule has 9 rings (SSSR count). The number of benzene rings is 3. The Labute approximate surface area is 484 Å². The molecular formula is C58H86FN9O15. The Balaban J connectivity index is 0.000000211. The summed E-state index contributed by atoms with van der Waals surface area (Å²) >= 11 is 0. The van der Waals surface area contributed by atoms with Crippen molar-refractivity contribution in [3.63, 3.8) is 0 Å². The molecular weight excluding hydrogens is 1080 g/mol. The van der Waals surface area contributed by atoms with Crippen molar-refractivity contribution in [3.8, 4) is 0 Å². The molecule has 3 saturated heterocycles. The van der Waals surface area contributed by atoms with Crippen LogP contribution in [0.4, 0.5) is 47.2 Å². The molecule has 3 saturated carbocycles. The number of nitro groups is 3. The van der Waals surface area contributed by atoms with Gasteiger partial charge in [0, 0.05) is 75.6 Å². The quantitative estimate of drug-likeness (QED) is 0.0624. The van der Waals surface area contributed by atoms with Crippen LogP contribution in [-0.2, 0) is 34.0 Å². The number of nitrogens with zero attached hydrogens (tertiary/aromatic N) is 6. The Morgan fingerprint density at radius 1 is 0.554 bits per heavy atom. The Morgan fingerprint density at radius 3 is 1.11 bits per heavy atom. The minimum absolute atomic E-state index is 0. The van der Waals surface area contributed by atoms with Gasteiger partial charge in [0.05, 0.1) is 34.6 Å². The number of hydrogen-bond donors (Lipinski definition) is 6. The van der Waals surface area contributed by atoms with Gasteiger partial charge in [-0.15, -0.1) is 0 Å². The van der Waals surface area contributed by atoms with Crippen LogP contribution in [0.3, 0.4) is 0 Å². The molecule has 3 aliphatic carbocycles. The zero-order valence-electron chi connectivity index (χ0n) is 48.5. The molecule has 0 atom stereocenters. The monoisotopic (exact) mass is 1170 g/mol. The molecule has 0 radical (unpaired) electrons. The molecule has 3 aliphatic heterocycles. The first-order valence-corrected chi connectivity index (χ1v) is 27.7. The summed E-state index contributed by atoms with van der Waals surface area (Å²) in [5.41, 5.74) is 6.76. The zero-order valence-corrected chi connectivity index (χ0v) is 48.5. The van der Waals surface area contributed by atoms with Crippen molar-refractivity contribution in [2.45, 2.75) is 182 Å². The lowest BCUT2D eigenvalue weighted by Crippen LogP contribution is -2.48. The van der Waals surface area contributed by atoms with Crippen molar-refractivity contribution in [3.05, 3.63) is 107 Å². The fourth-order valence-corrected chi connectivity index (χ4v) is 11.6. The molecule has 3 spiro atoms. The number of aliphatic hydroxyl groups is 3. The molecule has 3 heterocycles. The van der Waals surface area contributed by atoms with Crippen LogP contribution in [-0.4, -0.2) is 137 Å². The second kappa shape index (κ2) is 26.7. The van der Waals surface area contributed by atoms with E-state index in [9.17, 15) is 59.3 Å². The largest absolute Gasteiger partial charge is 0.444 e. The minimum atomic E-state index is -0.924. The molecule has 6 aliphatic rings. The summed E-state index contributed by atoms with van der Waals surface area (Å²) in [6.45, 7) is 20.5. The minimum Gasteiger partial charge on any atom is -0.444 e. The van der Waals surface area contributed by atoms with Crippen molar-refractivity contribution < 1.29 is 63.1 Å². The third-order valence-corrected chi connectivity index (χ3v) is 15.4. The van der Waals surface area contributed by atoms with Crippen LogP contribution >= 0.6 is 0 Å². The number of carbonyl (C=O) groups is 3. The summed E-state index contributed by atoms with van der Waals surface area (Å²) in [5, 5.41) is 66.2. The van der Waals surface area contributed by atoms with E-state index in [1.165, 1.54) is 18.2 Å². The topological polar surface area (TPSA) is 329 Å². The van der Waals surface area contributed by atoms with E-state index in [1.54, 1.807) is 34.1 Å². The zero-order chi connectivity index (χ0) is 60.8. The molecule has 6 fully saturated rings. The van der Waals surface area contributed by atoms with Crippen LogP contribution in [0.25, 0.3) is 0 Å². The van der Waals surface area contributed by atoms with Crippen LogP contribution in [0.1, 0.15) is 144 Å². The molecule has 25 heteroatoms. The van der Waals surface area contributed by atoms with Gasteiger partial charge in [0.25, 0.3) is 11.4 Å². The Kier molecular flexibility index (Phi) is 21.5. The van der Waals surface area contributed by atoms with E-state index in [0.717, 1.165) is 83.0 Å². The standard InChI is InChI=1S/2C19H27N3O5.C12H22N2O2.C7H6FNO3.CH4/c2*1-18(2,3)27-17(24)21-7-6-19(12-21)9-14(10-19)20-15-8-13(11-23)4-5-16(15)22(25)26;1-11(2,3)16-10(15)14-5-4-12(8-14)6-9(13)7-12;8-6-3-5(4-10)1-2-7(6)9(11)12;/h2*4-5,8,14,20,23H,6-7,9-12H2,1-3H3;9H,4-8,13H2,1-3H3;1-3,10H,4H2;1H4. The summed E-state index contributed by atoms with van der Waals surface area (Å²) < 4.78 is 29.0. The lowest BCUT2D eigenvalue weighted by Gasteiger charge is -2.45. The van der Waals surface area contributed by atoms with Crippen LogP contribution in [0.15, 0.2) is 54.6 Å². The summed E-state index contributed by atoms with van der Waals surface area (Å²) in [7, 11) is 0. The van der Waals surface area contributed by atoms with Gasteiger partial charge in [-0.1, -0.05) is 7.43 Å². The predicted octanol–water partition coefficient (Wildman–Crippen LogP) is 10.2. The third-order valence-electron chi connectivity index (χ3n) is 15.4. The van der Waals surface area contributed by atoms with Crippen molar-refractivity contribution in [1.29, 1.82) is 0 Å². The van der Waals surface area contributed by atoms with E-state index >= 15 is 0 Å². The van der Waals surface area contributed by atoms with E-state index in [1.807, 2.05) is 67.2 Å². The van der Waals surface area contributed by atoms with Crippen LogP contribution < -0.4 is 16.4 Å². The van der Waals surface area contributed by atoms with Gasteiger partial charge in [-0.2, -0.15) is 4.39 Å². The number of nitrogens with two attached hydrogens (primary N) is 1. The lowest BCUT2D eigenvalue weighted by atomic mass is 9.65. The first-order chi connectivity index (χ1) is 38.2. The van der Waals surface area contributed by atoms with Crippen molar-refractivity contribution in [1.82, 2.24) is 14.7 Å². The number of halogens is 1. The number of amides is 3. The Morgan fingerprint density at radius 2 is 0.843 bits per heavy atom. The van der Waals surface area contributed by atoms with Crippen LogP contribution in [0, 0.1) is 52.4 Å². The van der Waals surface area contributed by atoms with Gasteiger partial charge < -0.3 is 60.6 Å². The third kappa shape index (κ3) is 18.3. The van der Waals surface area contributed by atoms with E-state index in [0.29, 0.717) is 65.7 Å². The normalized spacial score (nSPS) is 24.0. The number of hydrogen-bond acceptors (Lipinski definition) is 18. The van der Waals surface area contributed by atoms with E-state index in [-0.39, 0.29) is 79.8 Å². The van der Waals surface area contributed by atoms with E-state index in [4.69, 9.17) is 25.1 Å². The fourth-order valence-electron chi connectivity index (χ4n) is 11.6. The molecule has 0 unspecified atom stereocenters. The molecule has 24 nitrogen and oxygen atoms in total. The number of ether oxygens (including phenoxy) is 3. The van der Waals surface area contributed by atoms with Crippen molar-refractivity contribution >= 4 is 46.7 Å². The molecule has 3 aromatic carbocycles. The van der Waals surface area contributed by atoms with Gasteiger partial charge in [-0.3, -0.25) is 30.3 Å². The number of aliphatic hydroxyl groups excluding tert-OH is 3. The van der Waals surface area contributed by atoms with Gasteiger partial charge in [0.1, 0.15) is 28.2 Å². The van der Waals surface area contributed by atoms with Crippen LogP contribution in [0.2, 0.25) is 0 Å². The Bertz CT molecular complexity index is 2670. The lowest BCUT2D eigenvalue weighted by molar-refractivity contribution is -0.387. The smallest absolute Gasteiger partial charge is 0.410 e. The van der Waals surface area contributed by atoms with Crippen molar-refractivity contribution in [2.75, 3.05) is 49.9 Å². The first kappa shape index (κ1) is 66.8. The highest BCUT2D eigenvalue weighted by molar-refractivity contribution is 5.70. The van der Waals surface area contributed by atoms with Crippen LogP contribution in [0.5, 0.6) is 0 Å². The van der Waals surface area contributed by atoms with Gasteiger partial charge in [0.15, 0.2) is 0 Å². The summed E-state index contributed by atoms with van der Waals surface area (Å²) in [5.74, 6) is -0.924. The number of carbonyl (C=O) groups excluding carboxylic acids is 3. The SMILES string of the molecule is C.CC(C)(C)OC(=O)N1CCC2(CC(N)C2)C1.CC(C)(C)OC(=O)N1CCC2(CC(Nc3cc(CO)ccc3[N+](=O)[O-])C2)C1.CC(C)(C)OC(=O)N1CCC2(CC(Nc3cc(CO)ccc3[N+](=O)[O-])C2)C1.O=[N+]([O-])c1ccc(CO)cc1F. The maximum Gasteiger partial charge on any atom is 0.410 e. The fraction of sp³-hybridized carbons (Fsp3) is 0.638. The van der Waals surface area contributed by atoms with Gasteiger partial charge in [0.2, 0.25) is 5.82 Å². The average molecular weight is 1170 g/mol. The highest BCUT2D eigenvalue weighted by Gasteiger charge is 2.52. The predicted molar refractivity (Wildman–Crippen MR) is 309 cm³/mol. The van der Waals surface area contributed by atoms with Gasteiger partial charge in [-0.25, -0.2) is 14.4 Å². The Hall–Kier alpha value is -6.96. The highest BCUT2D eigenvalue weighted by Crippen LogP contribution is 2.52. The molecule has 3 amide bonds. The molecule has 3 aromatic rings. The summed E-state index contributed by atoms with van der Waals surface area (Å²) in [4.78, 5) is 72.6. The number of nitrogens with one attached hydrogen (secondary N) is 2. The van der Waals surface area contributed by atoms with Crippen molar-refractivity contribution in [2.24, 2.45) is 22.0 Å². The summed E-state index contributed by atoms with van der Waals surface area (Å²) in [6.07, 6.45) is 7.73. The molecule has 7 N–H and O–H groups in total. The maximum atomic E-state index is 12.7. The van der Waals surface area contributed by atoms with Gasteiger partial charge in [-0.05, 0) is 189 Å². The average Bonchev–Trinajstić information content (AvgIpc) is 3.14. The number of anilines is 2. The molecule has 460 valence electrons. The number of nitro benzene ring substituents is 3. The molecule has 0 aromatic heterocycles. The molecule has 0 bridgehead atoms.